The molecule has 138 valence electrons. The van der Waals surface area contributed by atoms with Gasteiger partial charge in [-0.15, -0.1) is 0 Å². The minimum absolute atomic E-state index is 0.0214. The Labute approximate surface area is 151 Å². The lowest BCUT2D eigenvalue weighted by atomic mass is 9.97. The lowest BCUT2D eigenvalue weighted by molar-refractivity contribution is 0.106. The molecular formula is C19H23FN4O2. The van der Waals surface area contributed by atoms with Crippen LogP contribution in [-0.4, -0.2) is 33.8 Å². The second kappa shape index (κ2) is 6.72. The number of rotatable bonds is 2. The van der Waals surface area contributed by atoms with Gasteiger partial charge in [-0.2, -0.15) is 5.10 Å². The van der Waals surface area contributed by atoms with E-state index in [2.05, 4.69) is 15.5 Å². The fourth-order valence-corrected chi connectivity index (χ4v) is 3.74. The molecule has 1 saturated heterocycles. The number of aromatic nitrogens is 2. The van der Waals surface area contributed by atoms with E-state index in [1.165, 1.54) is 6.07 Å². The van der Waals surface area contributed by atoms with Crippen LogP contribution in [0, 0.1) is 12.7 Å². The number of urea groups is 1. The van der Waals surface area contributed by atoms with Gasteiger partial charge in [0.25, 0.3) is 0 Å². The SMILES string of the molecule is Cc1cc(NC(=O)N2Cc3c(C4CCCO4)n[nH]c3C[C@@H]2C)ccc1F. The lowest BCUT2D eigenvalue weighted by Crippen LogP contribution is -2.45. The standard InChI is InChI=1S/C19H23FN4O2/c1-11-8-13(5-6-15(11)20)21-19(25)24-10-14-16(9-12(24)2)22-23-18(14)17-4-3-7-26-17/h5-6,8,12,17H,3-4,7,9-10H2,1-2H3,(H,21,25)(H,22,23)/t12-,17?/m0/s1. The Morgan fingerprint density at radius 1 is 1.46 bits per heavy atom. The van der Waals surface area contributed by atoms with Crippen molar-refractivity contribution in [2.24, 2.45) is 0 Å². The van der Waals surface area contributed by atoms with Gasteiger partial charge in [-0.1, -0.05) is 0 Å². The van der Waals surface area contributed by atoms with Crippen molar-refractivity contribution in [3.05, 3.63) is 46.5 Å². The number of carbonyl (C=O) groups is 1. The molecule has 2 N–H and O–H groups in total. The van der Waals surface area contributed by atoms with Gasteiger partial charge in [0.1, 0.15) is 11.9 Å². The smallest absolute Gasteiger partial charge is 0.322 e. The summed E-state index contributed by atoms with van der Waals surface area (Å²) in [5, 5.41) is 10.5. The molecule has 4 rings (SSSR count). The van der Waals surface area contributed by atoms with Crippen molar-refractivity contribution in [1.82, 2.24) is 15.1 Å². The van der Waals surface area contributed by atoms with Gasteiger partial charge < -0.3 is 15.0 Å². The third-order valence-electron chi connectivity index (χ3n) is 5.25. The normalized spacial score (nSPS) is 22.3. The van der Waals surface area contributed by atoms with E-state index in [9.17, 15) is 9.18 Å². The summed E-state index contributed by atoms with van der Waals surface area (Å²) in [6, 6.07) is 4.45. The summed E-state index contributed by atoms with van der Waals surface area (Å²) in [6.07, 6.45) is 2.75. The van der Waals surface area contributed by atoms with E-state index < -0.39 is 0 Å². The van der Waals surface area contributed by atoms with Crippen molar-refractivity contribution >= 4 is 11.7 Å². The van der Waals surface area contributed by atoms with Crippen LogP contribution in [0.2, 0.25) is 0 Å². The van der Waals surface area contributed by atoms with Crippen molar-refractivity contribution in [2.45, 2.75) is 51.8 Å². The van der Waals surface area contributed by atoms with E-state index in [1.807, 2.05) is 6.92 Å². The van der Waals surface area contributed by atoms with E-state index in [1.54, 1.807) is 24.0 Å². The Morgan fingerprint density at radius 3 is 3.04 bits per heavy atom. The van der Waals surface area contributed by atoms with Gasteiger partial charge in [0.15, 0.2) is 0 Å². The molecule has 2 amide bonds. The van der Waals surface area contributed by atoms with Gasteiger partial charge in [0.05, 0.1) is 12.2 Å². The van der Waals surface area contributed by atoms with Crippen LogP contribution >= 0.6 is 0 Å². The monoisotopic (exact) mass is 358 g/mol. The predicted octanol–water partition coefficient (Wildman–Crippen LogP) is 3.69. The number of nitrogens with zero attached hydrogens (tertiary/aromatic N) is 2. The zero-order valence-corrected chi connectivity index (χ0v) is 15.0. The van der Waals surface area contributed by atoms with Gasteiger partial charge in [-0.25, -0.2) is 9.18 Å². The second-order valence-corrected chi connectivity index (χ2v) is 7.14. The van der Waals surface area contributed by atoms with E-state index in [-0.39, 0.29) is 24.0 Å². The number of hydrogen-bond acceptors (Lipinski definition) is 3. The molecular weight excluding hydrogens is 335 g/mol. The highest BCUT2D eigenvalue weighted by Crippen LogP contribution is 2.34. The number of hydrogen-bond donors (Lipinski definition) is 2. The van der Waals surface area contributed by atoms with Gasteiger partial charge in [-0.3, -0.25) is 5.10 Å². The molecule has 0 spiro atoms. The van der Waals surface area contributed by atoms with E-state index in [4.69, 9.17) is 4.74 Å². The molecule has 1 aromatic carbocycles. The molecule has 0 bridgehead atoms. The molecule has 2 aliphatic heterocycles. The summed E-state index contributed by atoms with van der Waals surface area (Å²) >= 11 is 0. The Balaban J connectivity index is 1.53. The molecule has 1 fully saturated rings. The molecule has 6 nitrogen and oxygen atoms in total. The van der Waals surface area contributed by atoms with E-state index in [0.29, 0.717) is 17.8 Å². The minimum Gasteiger partial charge on any atom is -0.372 e. The Morgan fingerprint density at radius 2 is 2.31 bits per heavy atom. The molecule has 3 heterocycles. The van der Waals surface area contributed by atoms with Crippen LogP contribution in [0.1, 0.15) is 48.4 Å². The molecule has 7 heteroatoms. The number of aryl methyl sites for hydroxylation is 1. The summed E-state index contributed by atoms with van der Waals surface area (Å²) in [5.74, 6) is -0.279. The molecule has 0 radical (unpaired) electrons. The quantitative estimate of drug-likeness (QED) is 0.860. The zero-order valence-electron chi connectivity index (χ0n) is 15.0. The Hall–Kier alpha value is -2.41. The number of H-pyrrole nitrogens is 1. The maximum Gasteiger partial charge on any atom is 0.322 e. The van der Waals surface area contributed by atoms with Crippen molar-refractivity contribution in [2.75, 3.05) is 11.9 Å². The highest BCUT2D eigenvalue weighted by molar-refractivity contribution is 5.89. The summed E-state index contributed by atoms with van der Waals surface area (Å²) in [4.78, 5) is 14.6. The van der Waals surface area contributed by atoms with Gasteiger partial charge in [0, 0.05) is 36.0 Å². The number of nitrogens with one attached hydrogen (secondary N) is 2. The number of benzene rings is 1. The minimum atomic E-state index is -0.279. The zero-order chi connectivity index (χ0) is 18.3. The number of aromatic amines is 1. The summed E-state index contributed by atoms with van der Waals surface area (Å²) < 4.78 is 19.2. The maximum absolute atomic E-state index is 13.4. The fraction of sp³-hybridized carbons (Fsp3) is 0.474. The molecule has 0 saturated carbocycles. The molecule has 26 heavy (non-hydrogen) atoms. The highest BCUT2D eigenvalue weighted by atomic mass is 19.1. The average Bonchev–Trinajstić information content (AvgIpc) is 3.26. The number of ether oxygens (including phenoxy) is 1. The summed E-state index contributed by atoms with van der Waals surface area (Å²) in [5.41, 5.74) is 4.19. The molecule has 2 atom stereocenters. The average molecular weight is 358 g/mol. The first-order valence-electron chi connectivity index (χ1n) is 9.04. The van der Waals surface area contributed by atoms with Crippen LogP contribution in [0.15, 0.2) is 18.2 Å². The number of fused-ring (bicyclic) bond motifs is 1. The number of carbonyl (C=O) groups excluding carboxylic acids is 1. The largest absolute Gasteiger partial charge is 0.372 e. The molecule has 1 unspecified atom stereocenters. The third-order valence-corrected chi connectivity index (χ3v) is 5.25. The third kappa shape index (κ3) is 3.07. The molecule has 1 aromatic heterocycles. The van der Waals surface area contributed by atoms with Gasteiger partial charge in [0.2, 0.25) is 0 Å². The van der Waals surface area contributed by atoms with Gasteiger partial charge in [-0.05, 0) is 50.5 Å². The van der Waals surface area contributed by atoms with Crippen LogP contribution in [0.5, 0.6) is 0 Å². The Bertz CT molecular complexity index is 829. The van der Waals surface area contributed by atoms with Crippen LogP contribution in [-0.2, 0) is 17.7 Å². The van der Waals surface area contributed by atoms with E-state index in [0.717, 1.165) is 42.8 Å². The molecule has 2 aliphatic rings. The van der Waals surface area contributed by atoms with E-state index >= 15 is 0 Å². The van der Waals surface area contributed by atoms with Crippen LogP contribution in [0.25, 0.3) is 0 Å². The molecule has 2 aromatic rings. The van der Waals surface area contributed by atoms with Crippen LogP contribution in [0.3, 0.4) is 0 Å². The second-order valence-electron chi connectivity index (χ2n) is 7.14. The van der Waals surface area contributed by atoms with Crippen molar-refractivity contribution in [3.63, 3.8) is 0 Å². The predicted molar refractivity (Wildman–Crippen MR) is 95.4 cm³/mol. The maximum atomic E-state index is 13.4. The lowest BCUT2D eigenvalue weighted by Gasteiger charge is -2.33. The fourth-order valence-electron chi connectivity index (χ4n) is 3.74. The summed E-state index contributed by atoms with van der Waals surface area (Å²) in [6.45, 7) is 4.95. The number of anilines is 1. The first-order valence-corrected chi connectivity index (χ1v) is 9.04. The van der Waals surface area contributed by atoms with Crippen molar-refractivity contribution in [1.29, 1.82) is 0 Å². The first kappa shape index (κ1) is 17.0. The van der Waals surface area contributed by atoms with Crippen molar-refractivity contribution < 1.29 is 13.9 Å². The van der Waals surface area contributed by atoms with Crippen molar-refractivity contribution in [3.8, 4) is 0 Å². The first-order chi connectivity index (χ1) is 12.5. The van der Waals surface area contributed by atoms with Gasteiger partial charge >= 0.3 is 6.03 Å². The number of amides is 2. The topological polar surface area (TPSA) is 70.2 Å². The molecule has 0 aliphatic carbocycles. The Kier molecular flexibility index (Phi) is 4.40. The van der Waals surface area contributed by atoms with Crippen LogP contribution < -0.4 is 5.32 Å². The van der Waals surface area contributed by atoms with Crippen LogP contribution in [0.4, 0.5) is 14.9 Å². The summed E-state index contributed by atoms with van der Waals surface area (Å²) in [7, 11) is 0. The highest BCUT2D eigenvalue weighted by Gasteiger charge is 2.33. The number of halogens is 1.